The van der Waals surface area contributed by atoms with Crippen LogP contribution in [0, 0.1) is 17.3 Å². The fourth-order valence-corrected chi connectivity index (χ4v) is 4.18. The minimum atomic E-state index is 0.206. The SMILES string of the molecule is CCNC1CCN(C(=O)C2CCCC2(C)C)CC1CC. The summed E-state index contributed by atoms with van der Waals surface area (Å²) in [4.78, 5) is 15.0. The maximum absolute atomic E-state index is 12.8. The molecule has 2 fully saturated rings. The van der Waals surface area contributed by atoms with Crippen molar-refractivity contribution in [3.05, 3.63) is 0 Å². The number of nitrogens with zero attached hydrogens (tertiary/aromatic N) is 1. The third kappa shape index (κ3) is 3.19. The van der Waals surface area contributed by atoms with Crippen LogP contribution in [0.5, 0.6) is 0 Å². The topological polar surface area (TPSA) is 32.3 Å². The van der Waals surface area contributed by atoms with Gasteiger partial charge in [0, 0.05) is 25.0 Å². The van der Waals surface area contributed by atoms with E-state index < -0.39 is 0 Å². The zero-order valence-corrected chi connectivity index (χ0v) is 13.7. The molecule has 2 rings (SSSR count). The van der Waals surface area contributed by atoms with Crippen molar-refractivity contribution in [2.45, 2.75) is 65.8 Å². The fourth-order valence-electron chi connectivity index (χ4n) is 4.18. The van der Waals surface area contributed by atoms with Crippen molar-refractivity contribution < 1.29 is 4.79 Å². The van der Waals surface area contributed by atoms with Crippen LogP contribution in [-0.4, -0.2) is 36.5 Å². The van der Waals surface area contributed by atoms with Gasteiger partial charge in [-0.25, -0.2) is 0 Å². The summed E-state index contributed by atoms with van der Waals surface area (Å²) in [5, 5.41) is 3.59. The predicted molar refractivity (Wildman–Crippen MR) is 83.6 cm³/mol. The zero-order chi connectivity index (χ0) is 14.8. The van der Waals surface area contributed by atoms with Crippen molar-refractivity contribution in [2.24, 2.45) is 17.3 Å². The molecule has 1 saturated carbocycles. The summed E-state index contributed by atoms with van der Waals surface area (Å²) in [5.41, 5.74) is 0.206. The Bertz CT molecular complexity index is 340. The van der Waals surface area contributed by atoms with Gasteiger partial charge in [-0.2, -0.15) is 0 Å². The maximum atomic E-state index is 12.8. The number of carbonyl (C=O) groups excluding carboxylic acids is 1. The molecule has 3 unspecified atom stereocenters. The molecule has 0 radical (unpaired) electrons. The monoisotopic (exact) mass is 280 g/mol. The lowest BCUT2D eigenvalue weighted by Crippen LogP contribution is -2.52. The summed E-state index contributed by atoms with van der Waals surface area (Å²) in [6.45, 7) is 11.9. The van der Waals surface area contributed by atoms with Crippen LogP contribution in [0.1, 0.15) is 59.8 Å². The van der Waals surface area contributed by atoms with E-state index in [4.69, 9.17) is 0 Å². The Kier molecular flexibility index (Phi) is 5.11. The van der Waals surface area contributed by atoms with Gasteiger partial charge in [-0.1, -0.05) is 40.5 Å². The molecule has 20 heavy (non-hydrogen) atoms. The molecular formula is C17H32N2O. The normalized spacial score (nSPS) is 33.4. The van der Waals surface area contributed by atoms with Gasteiger partial charge in [-0.15, -0.1) is 0 Å². The van der Waals surface area contributed by atoms with Crippen molar-refractivity contribution in [1.82, 2.24) is 10.2 Å². The number of likely N-dealkylation sites (tertiary alicyclic amines) is 1. The van der Waals surface area contributed by atoms with Crippen molar-refractivity contribution in [3.8, 4) is 0 Å². The molecule has 0 aromatic carbocycles. The molecule has 1 heterocycles. The highest BCUT2D eigenvalue weighted by molar-refractivity contribution is 5.80. The highest BCUT2D eigenvalue weighted by atomic mass is 16.2. The predicted octanol–water partition coefficient (Wildman–Crippen LogP) is 3.05. The van der Waals surface area contributed by atoms with Crippen LogP contribution >= 0.6 is 0 Å². The molecule has 116 valence electrons. The molecule has 0 spiro atoms. The zero-order valence-electron chi connectivity index (χ0n) is 13.7. The first-order chi connectivity index (χ1) is 9.49. The van der Waals surface area contributed by atoms with Gasteiger partial charge < -0.3 is 10.2 Å². The number of rotatable bonds is 4. The van der Waals surface area contributed by atoms with Crippen molar-refractivity contribution in [3.63, 3.8) is 0 Å². The second-order valence-electron chi connectivity index (χ2n) is 7.34. The summed E-state index contributed by atoms with van der Waals surface area (Å²) in [6, 6.07) is 0.602. The third-order valence-electron chi connectivity index (χ3n) is 5.59. The van der Waals surface area contributed by atoms with Crippen LogP contribution in [0.15, 0.2) is 0 Å². The standard InChI is InChI=1S/C17H32N2O/c1-5-13-12-19(11-9-15(13)18-6-2)16(20)14-8-7-10-17(14,3)4/h13-15,18H,5-12H2,1-4H3. The molecule has 1 aliphatic heterocycles. The maximum Gasteiger partial charge on any atom is 0.226 e. The number of carbonyl (C=O) groups is 1. The molecule has 2 aliphatic rings. The lowest BCUT2D eigenvalue weighted by molar-refractivity contribution is -0.140. The average Bonchev–Trinajstić information content (AvgIpc) is 2.78. The van der Waals surface area contributed by atoms with E-state index in [1.165, 1.54) is 12.8 Å². The van der Waals surface area contributed by atoms with Gasteiger partial charge in [0.2, 0.25) is 5.91 Å². The summed E-state index contributed by atoms with van der Waals surface area (Å²) in [6.07, 6.45) is 5.79. The van der Waals surface area contributed by atoms with Crippen molar-refractivity contribution in [1.29, 1.82) is 0 Å². The van der Waals surface area contributed by atoms with E-state index in [1.807, 2.05) is 0 Å². The van der Waals surface area contributed by atoms with Crippen LogP contribution < -0.4 is 5.32 Å². The molecule has 1 aliphatic carbocycles. The van der Waals surface area contributed by atoms with Gasteiger partial charge in [-0.3, -0.25) is 4.79 Å². The second kappa shape index (κ2) is 6.46. The van der Waals surface area contributed by atoms with Gasteiger partial charge in [-0.05, 0) is 37.1 Å². The fraction of sp³-hybridized carbons (Fsp3) is 0.941. The van der Waals surface area contributed by atoms with Gasteiger partial charge in [0.15, 0.2) is 0 Å². The minimum Gasteiger partial charge on any atom is -0.342 e. The van der Waals surface area contributed by atoms with E-state index in [0.717, 1.165) is 38.9 Å². The Balaban J connectivity index is 1.98. The second-order valence-corrected chi connectivity index (χ2v) is 7.34. The van der Waals surface area contributed by atoms with Gasteiger partial charge in [0.25, 0.3) is 0 Å². The van der Waals surface area contributed by atoms with Crippen molar-refractivity contribution in [2.75, 3.05) is 19.6 Å². The Labute approximate surface area is 124 Å². The molecule has 0 aromatic rings. The van der Waals surface area contributed by atoms with E-state index in [9.17, 15) is 4.79 Å². The number of piperidine rings is 1. The number of amides is 1. The summed E-state index contributed by atoms with van der Waals surface area (Å²) in [5.74, 6) is 1.31. The van der Waals surface area contributed by atoms with Crippen LogP contribution in [0.4, 0.5) is 0 Å². The largest absolute Gasteiger partial charge is 0.342 e. The van der Waals surface area contributed by atoms with Crippen molar-refractivity contribution >= 4 is 5.91 Å². The first-order valence-corrected chi connectivity index (χ1v) is 8.51. The van der Waals surface area contributed by atoms with E-state index in [2.05, 4.69) is 37.9 Å². The first kappa shape index (κ1) is 15.8. The van der Waals surface area contributed by atoms with Gasteiger partial charge in [0.1, 0.15) is 0 Å². The Morgan fingerprint density at radius 3 is 2.60 bits per heavy atom. The molecule has 1 amide bonds. The molecule has 3 heteroatoms. The van der Waals surface area contributed by atoms with Gasteiger partial charge in [0.05, 0.1) is 0 Å². The highest BCUT2D eigenvalue weighted by Crippen LogP contribution is 2.43. The average molecular weight is 280 g/mol. The van der Waals surface area contributed by atoms with E-state index in [1.54, 1.807) is 0 Å². The Morgan fingerprint density at radius 1 is 1.30 bits per heavy atom. The Hall–Kier alpha value is -0.570. The van der Waals surface area contributed by atoms with Crippen LogP contribution in [-0.2, 0) is 4.79 Å². The minimum absolute atomic E-state index is 0.206. The Morgan fingerprint density at radius 2 is 2.05 bits per heavy atom. The summed E-state index contributed by atoms with van der Waals surface area (Å²) >= 11 is 0. The van der Waals surface area contributed by atoms with E-state index >= 15 is 0 Å². The molecule has 0 bridgehead atoms. The number of nitrogens with one attached hydrogen (secondary N) is 1. The smallest absolute Gasteiger partial charge is 0.226 e. The molecule has 3 atom stereocenters. The summed E-state index contributed by atoms with van der Waals surface area (Å²) in [7, 11) is 0. The molecular weight excluding hydrogens is 248 g/mol. The van der Waals surface area contributed by atoms with E-state index in [0.29, 0.717) is 17.9 Å². The lowest BCUT2D eigenvalue weighted by atomic mass is 9.80. The lowest BCUT2D eigenvalue weighted by Gasteiger charge is -2.41. The van der Waals surface area contributed by atoms with Crippen LogP contribution in [0.3, 0.4) is 0 Å². The first-order valence-electron chi connectivity index (χ1n) is 8.51. The quantitative estimate of drug-likeness (QED) is 0.858. The molecule has 1 N–H and O–H groups in total. The van der Waals surface area contributed by atoms with E-state index in [-0.39, 0.29) is 11.3 Å². The molecule has 0 aromatic heterocycles. The molecule has 3 nitrogen and oxygen atoms in total. The highest BCUT2D eigenvalue weighted by Gasteiger charge is 2.42. The van der Waals surface area contributed by atoms with Crippen LogP contribution in [0.2, 0.25) is 0 Å². The third-order valence-corrected chi connectivity index (χ3v) is 5.59. The van der Waals surface area contributed by atoms with Crippen LogP contribution in [0.25, 0.3) is 0 Å². The number of hydrogen-bond donors (Lipinski definition) is 1. The number of hydrogen-bond acceptors (Lipinski definition) is 2. The van der Waals surface area contributed by atoms with Gasteiger partial charge >= 0.3 is 0 Å². The molecule has 1 saturated heterocycles. The summed E-state index contributed by atoms with van der Waals surface area (Å²) < 4.78 is 0.